The molecule has 1 aromatic rings. The summed E-state index contributed by atoms with van der Waals surface area (Å²) in [5, 5.41) is 17.6. The number of aryl methyl sites for hydroxylation is 1. The summed E-state index contributed by atoms with van der Waals surface area (Å²) in [6.45, 7) is 0.956. The Kier molecular flexibility index (Phi) is 6.68. The lowest BCUT2D eigenvalue weighted by Gasteiger charge is -2.34. The molecule has 8 nitrogen and oxygen atoms in total. The molecule has 32 heavy (non-hydrogen) atoms. The molecule has 2 unspecified atom stereocenters. The van der Waals surface area contributed by atoms with E-state index < -0.39 is 44.3 Å². The number of aliphatic hydroxyl groups excluding tert-OH is 2. The molecule has 0 radical (unpaired) electrons. The van der Waals surface area contributed by atoms with Crippen molar-refractivity contribution < 1.29 is 37.6 Å². The van der Waals surface area contributed by atoms with Gasteiger partial charge in [-0.1, -0.05) is 23.7 Å². The summed E-state index contributed by atoms with van der Waals surface area (Å²) in [5.41, 5.74) is 1.46. The van der Waals surface area contributed by atoms with Gasteiger partial charge in [0.05, 0.1) is 35.9 Å². The maximum Gasteiger partial charge on any atom is 0.335 e. The number of carbonyl (C=O) groups is 1. The number of sulfone groups is 1. The Morgan fingerprint density at radius 3 is 2.50 bits per heavy atom. The van der Waals surface area contributed by atoms with Gasteiger partial charge in [0.15, 0.2) is 15.6 Å². The summed E-state index contributed by atoms with van der Waals surface area (Å²) in [7, 11) is -3.86. The zero-order chi connectivity index (χ0) is 23.1. The molecular weight excluding hydrogens is 460 g/mol. The lowest BCUT2D eigenvalue weighted by atomic mass is 9.94. The number of halogens is 1. The number of rotatable bonds is 6. The van der Waals surface area contributed by atoms with Gasteiger partial charge < -0.3 is 24.4 Å². The van der Waals surface area contributed by atoms with Crippen LogP contribution in [-0.2, 0) is 35.3 Å². The highest BCUT2D eigenvalue weighted by Crippen LogP contribution is 2.47. The van der Waals surface area contributed by atoms with Gasteiger partial charge in [-0.25, -0.2) is 13.2 Å². The molecule has 1 aliphatic heterocycles. The molecule has 0 saturated carbocycles. The Morgan fingerprint density at radius 1 is 1.19 bits per heavy atom. The van der Waals surface area contributed by atoms with E-state index in [0.717, 1.165) is 5.56 Å². The van der Waals surface area contributed by atoms with Crippen molar-refractivity contribution in [1.82, 2.24) is 0 Å². The fourth-order valence-corrected chi connectivity index (χ4v) is 7.75. The molecule has 4 atom stereocenters. The second-order valence-electron chi connectivity index (χ2n) is 8.27. The van der Waals surface area contributed by atoms with E-state index in [-0.39, 0.29) is 38.2 Å². The van der Waals surface area contributed by atoms with E-state index in [4.69, 9.17) is 25.8 Å². The number of fused-ring (bicyclic) bond motifs is 1. The van der Waals surface area contributed by atoms with Crippen LogP contribution < -0.4 is 0 Å². The van der Waals surface area contributed by atoms with E-state index >= 15 is 0 Å². The molecule has 1 fully saturated rings. The van der Waals surface area contributed by atoms with Gasteiger partial charge in [0.25, 0.3) is 0 Å². The van der Waals surface area contributed by atoms with Crippen molar-refractivity contribution in [3.05, 3.63) is 46.0 Å². The summed E-state index contributed by atoms with van der Waals surface area (Å²) in [4.78, 5) is 12.8. The molecule has 176 valence electrons. The molecule has 1 saturated heterocycles. The van der Waals surface area contributed by atoms with Crippen molar-refractivity contribution in [2.75, 3.05) is 19.8 Å². The van der Waals surface area contributed by atoms with Crippen LogP contribution in [0, 0.1) is 0 Å². The van der Waals surface area contributed by atoms with Crippen molar-refractivity contribution in [2.45, 2.75) is 61.1 Å². The van der Waals surface area contributed by atoms with Crippen LogP contribution in [0.25, 0.3) is 0 Å². The number of benzene rings is 1. The van der Waals surface area contributed by atoms with Gasteiger partial charge in [-0.15, -0.1) is 0 Å². The van der Waals surface area contributed by atoms with Crippen LogP contribution in [0.3, 0.4) is 0 Å². The number of hydrogen-bond donors (Lipinski definition) is 2. The first kappa shape index (κ1) is 23.7. The van der Waals surface area contributed by atoms with Crippen LogP contribution in [0.5, 0.6) is 0 Å². The van der Waals surface area contributed by atoms with Crippen molar-refractivity contribution in [3.8, 4) is 0 Å². The molecule has 2 N–H and O–H groups in total. The number of esters is 1. The van der Waals surface area contributed by atoms with Gasteiger partial charge in [0.2, 0.25) is 0 Å². The highest BCUT2D eigenvalue weighted by atomic mass is 35.5. The van der Waals surface area contributed by atoms with Crippen LogP contribution in [0.2, 0.25) is 5.02 Å². The molecule has 10 heteroatoms. The van der Waals surface area contributed by atoms with Gasteiger partial charge in [-0.3, -0.25) is 0 Å². The lowest BCUT2D eigenvalue weighted by molar-refractivity contribution is -0.154. The van der Waals surface area contributed by atoms with E-state index in [2.05, 4.69) is 0 Å². The summed E-state index contributed by atoms with van der Waals surface area (Å²) in [5.74, 6) is -2.15. The normalized spacial score (nSPS) is 29.1. The van der Waals surface area contributed by atoms with Crippen molar-refractivity contribution in [3.63, 3.8) is 0 Å². The fraction of sp³-hybridized carbons (Fsp3) is 0.591. The SMILES string of the molecule is CCOC(=O)C1=CC2(CCC1S(=O)(=O)C1CCc3cccc(Cl)c31)O[C@H](CO)[C@@H](CO)O2. The summed E-state index contributed by atoms with van der Waals surface area (Å²) >= 11 is 6.36. The molecule has 0 aromatic heterocycles. The predicted molar refractivity (Wildman–Crippen MR) is 116 cm³/mol. The molecule has 3 aliphatic rings. The molecule has 0 amide bonds. The van der Waals surface area contributed by atoms with Gasteiger partial charge >= 0.3 is 5.97 Å². The number of aliphatic hydroxyl groups is 2. The van der Waals surface area contributed by atoms with Gasteiger partial charge in [0.1, 0.15) is 12.2 Å². The second-order valence-corrected chi connectivity index (χ2v) is 11.0. The van der Waals surface area contributed by atoms with Gasteiger partial charge in [-0.05, 0) is 49.5 Å². The maximum absolute atomic E-state index is 13.8. The van der Waals surface area contributed by atoms with Crippen LogP contribution in [0.1, 0.15) is 42.6 Å². The van der Waals surface area contributed by atoms with Crippen LogP contribution >= 0.6 is 11.6 Å². The maximum atomic E-state index is 13.8. The monoisotopic (exact) mass is 486 g/mol. The minimum atomic E-state index is -3.86. The van der Waals surface area contributed by atoms with Crippen molar-refractivity contribution in [1.29, 1.82) is 0 Å². The van der Waals surface area contributed by atoms with Crippen LogP contribution in [0.15, 0.2) is 29.8 Å². The molecule has 1 aromatic carbocycles. The molecule has 2 aliphatic carbocycles. The predicted octanol–water partition coefficient (Wildman–Crippen LogP) is 1.86. The molecule has 0 bridgehead atoms. The molecule has 1 heterocycles. The Hall–Kier alpha value is -1.49. The van der Waals surface area contributed by atoms with Crippen molar-refractivity contribution in [2.24, 2.45) is 0 Å². The first-order valence-electron chi connectivity index (χ1n) is 10.7. The van der Waals surface area contributed by atoms with Crippen LogP contribution in [0.4, 0.5) is 0 Å². The Bertz CT molecular complexity index is 1010. The van der Waals surface area contributed by atoms with Gasteiger partial charge in [-0.2, -0.15) is 0 Å². The quantitative estimate of drug-likeness (QED) is 0.585. The lowest BCUT2D eigenvalue weighted by Crippen LogP contribution is -2.42. The zero-order valence-electron chi connectivity index (χ0n) is 17.7. The molecule has 4 rings (SSSR count). The Labute approximate surface area is 192 Å². The minimum absolute atomic E-state index is 0.0473. The average molecular weight is 487 g/mol. The van der Waals surface area contributed by atoms with Gasteiger partial charge in [0, 0.05) is 11.4 Å². The fourth-order valence-electron chi connectivity index (χ4n) is 4.94. The summed E-state index contributed by atoms with van der Waals surface area (Å²) < 4.78 is 44.4. The smallest absolute Gasteiger partial charge is 0.335 e. The summed E-state index contributed by atoms with van der Waals surface area (Å²) in [6.07, 6.45) is 0.996. The average Bonchev–Trinajstić information content (AvgIpc) is 3.36. The standard InChI is InChI=1S/C22H27ClO8S/c1-2-29-21(26)14-10-22(30-16(11-24)17(12-25)31-22)9-8-18(14)32(27,28)19-7-6-13-4-3-5-15(23)20(13)19/h3-5,10,16-19,24-25H,2,6-9,11-12H2,1H3/t16-,17-,18?,19?/m1/s1. The van der Waals surface area contributed by atoms with E-state index in [1.807, 2.05) is 6.07 Å². The zero-order valence-corrected chi connectivity index (χ0v) is 19.3. The summed E-state index contributed by atoms with van der Waals surface area (Å²) in [6, 6.07) is 5.35. The van der Waals surface area contributed by atoms with E-state index in [1.54, 1.807) is 19.1 Å². The Morgan fingerprint density at radius 2 is 1.88 bits per heavy atom. The van der Waals surface area contributed by atoms with E-state index in [0.29, 0.717) is 23.4 Å². The topological polar surface area (TPSA) is 119 Å². The van der Waals surface area contributed by atoms with E-state index in [9.17, 15) is 23.4 Å². The first-order valence-corrected chi connectivity index (χ1v) is 12.7. The molecule has 1 spiro atoms. The number of hydrogen-bond acceptors (Lipinski definition) is 8. The van der Waals surface area contributed by atoms with Crippen LogP contribution in [-0.4, -0.2) is 67.7 Å². The Balaban J connectivity index is 1.73. The third kappa shape index (κ3) is 3.99. The third-order valence-corrected chi connectivity index (χ3v) is 9.28. The number of carbonyl (C=O) groups excluding carboxylic acids is 1. The first-order chi connectivity index (χ1) is 15.3. The minimum Gasteiger partial charge on any atom is -0.463 e. The van der Waals surface area contributed by atoms with Crippen molar-refractivity contribution >= 4 is 27.4 Å². The third-order valence-electron chi connectivity index (χ3n) is 6.40. The molecular formula is C22H27ClO8S. The van der Waals surface area contributed by atoms with E-state index in [1.165, 1.54) is 6.08 Å². The highest BCUT2D eigenvalue weighted by Gasteiger charge is 2.53. The highest BCUT2D eigenvalue weighted by molar-refractivity contribution is 7.92. The largest absolute Gasteiger partial charge is 0.463 e. The second kappa shape index (κ2) is 9.04. The number of ether oxygens (including phenoxy) is 3.